The number of carbonyl (C=O) groups excluding carboxylic acids is 1. The summed E-state index contributed by atoms with van der Waals surface area (Å²) < 4.78 is 4.69. The molecule has 0 spiro atoms. The molecule has 2 unspecified atom stereocenters. The van der Waals surface area contributed by atoms with Gasteiger partial charge in [0, 0.05) is 6.04 Å². The highest BCUT2D eigenvalue weighted by molar-refractivity contribution is 5.71. The zero-order chi connectivity index (χ0) is 9.56. The lowest BCUT2D eigenvalue weighted by molar-refractivity contribution is -0.142. The minimum atomic E-state index is -0.459. The van der Waals surface area contributed by atoms with Crippen LogP contribution < -0.4 is 5.32 Å². The minimum absolute atomic E-state index is 0.0885. The number of carbonyl (C=O) groups is 1. The fourth-order valence-corrected chi connectivity index (χ4v) is 0.627. The molecule has 0 aromatic rings. The third kappa shape index (κ3) is 5.09. The second-order valence-electron chi connectivity index (χ2n) is 2.72. The lowest BCUT2D eigenvalue weighted by atomic mass is 10.2. The average molecular weight is 175 g/mol. The van der Waals surface area contributed by atoms with Crippen molar-refractivity contribution in [3.05, 3.63) is 0 Å². The number of nitrogens with one attached hydrogen (secondary N) is 1. The smallest absolute Gasteiger partial charge is 0.319 e. The molecule has 0 saturated heterocycles. The van der Waals surface area contributed by atoms with Crippen LogP contribution in [0.3, 0.4) is 0 Å². The van der Waals surface area contributed by atoms with E-state index >= 15 is 0 Å². The maximum Gasteiger partial charge on any atom is 0.319 e. The van der Waals surface area contributed by atoms with Gasteiger partial charge in [0.2, 0.25) is 0 Å². The molecule has 12 heavy (non-hydrogen) atoms. The third-order valence-electron chi connectivity index (χ3n) is 1.60. The summed E-state index contributed by atoms with van der Waals surface area (Å²) in [6.45, 7) is 5.78. The summed E-state index contributed by atoms with van der Waals surface area (Å²) in [5.74, 6) is -0.287. The molecule has 72 valence electrons. The van der Waals surface area contributed by atoms with Crippen LogP contribution in [0.4, 0.5) is 0 Å². The molecular formula is C8H17NO3. The Morgan fingerprint density at radius 3 is 2.58 bits per heavy atom. The van der Waals surface area contributed by atoms with Crippen LogP contribution in [0.25, 0.3) is 0 Å². The Hall–Kier alpha value is -0.610. The van der Waals surface area contributed by atoms with Gasteiger partial charge in [0.25, 0.3) is 0 Å². The van der Waals surface area contributed by atoms with Crippen molar-refractivity contribution in [1.82, 2.24) is 5.32 Å². The van der Waals surface area contributed by atoms with Crippen molar-refractivity contribution in [3.8, 4) is 0 Å². The Balaban J connectivity index is 3.47. The van der Waals surface area contributed by atoms with E-state index in [9.17, 15) is 4.79 Å². The van der Waals surface area contributed by atoms with Crippen LogP contribution in [-0.4, -0.2) is 36.4 Å². The second kappa shape index (κ2) is 5.97. The quantitative estimate of drug-likeness (QED) is 0.573. The SMILES string of the molecule is CCOC(=O)CNC(C)C(C)O. The Morgan fingerprint density at radius 1 is 1.58 bits per heavy atom. The van der Waals surface area contributed by atoms with Gasteiger partial charge < -0.3 is 15.2 Å². The van der Waals surface area contributed by atoms with E-state index in [2.05, 4.69) is 10.1 Å². The highest BCUT2D eigenvalue weighted by Crippen LogP contribution is 1.89. The lowest BCUT2D eigenvalue weighted by Crippen LogP contribution is -2.39. The molecule has 0 aromatic heterocycles. The summed E-state index contributed by atoms with van der Waals surface area (Å²) in [6, 6.07) is -0.0885. The molecular weight excluding hydrogens is 158 g/mol. The van der Waals surface area contributed by atoms with E-state index in [0.29, 0.717) is 6.61 Å². The van der Waals surface area contributed by atoms with Crippen molar-refractivity contribution in [3.63, 3.8) is 0 Å². The summed E-state index contributed by atoms with van der Waals surface area (Å²) in [6.07, 6.45) is -0.459. The fourth-order valence-electron chi connectivity index (χ4n) is 0.627. The van der Waals surface area contributed by atoms with Crippen molar-refractivity contribution in [2.75, 3.05) is 13.2 Å². The molecule has 2 N–H and O–H groups in total. The van der Waals surface area contributed by atoms with E-state index in [1.165, 1.54) is 0 Å². The molecule has 0 aromatic carbocycles. The number of aliphatic hydroxyl groups is 1. The fraction of sp³-hybridized carbons (Fsp3) is 0.875. The number of hydrogen-bond acceptors (Lipinski definition) is 4. The van der Waals surface area contributed by atoms with Crippen LogP contribution in [0, 0.1) is 0 Å². The average Bonchev–Trinajstić information content (AvgIpc) is 2.00. The summed E-state index contributed by atoms with van der Waals surface area (Å²) in [7, 11) is 0. The summed E-state index contributed by atoms with van der Waals surface area (Å²) in [5.41, 5.74) is 0. The van der Waals surface area contributed by atoms with Gasteiger partial charge in [-0.3, -0.25) is 4.79 Å². The third-order valence-corrected chi connectivity index (χ3v) is 1.60. The summed E-state index contributed by atoms with van der Waals surface area (Å²) in [5, 5.41) is 11.9. The van der Waals surface area contributed by atoms with Gasteiger partial charge in [-0.15, -0.1) is 0 Å². The van der Waals surface area contributed by atoms with Crippen LogP contribution in [-0.2, 0) is 9.53 Å². The Bertz CT molecular complexity index is 136. The second-order valence-corrected chi connectivity index (χ2v) is 2.72. The summed E-state index contributed by atoms with van der Waals surface area (Å²) >= 11 is 0. The van der Waals surface area contributed by atoms with E-state index in [0.717, 1.165) is 0 Å². The number of esters is 1. The van der Waals surface area contributed by atoms with E-state index in [-0.39, 0.29) is 18.6 Å². The topological polar surface area (TPSA) is 58.6 Å². The number of hydrogen-bond donors (Lipinski definition) is 2. The van der Waals surface area contributed by atoms with Crippen molar-refractivity contribution < 1.29 is 14.6 Å². The van der Waals surface area contributed by atoms with Crippen molar-refractivity contribution >= 4 is 5.97 Å². The Labute approximate surface area is 72.9 Å². The van der Waals surface area contributed by atoms with Gasteiger partial charge >= 0.3 is 5.97 Å². The summed E-state index contributed by atoms with van der Waals surface area (Å²) in [4.78, 5) is 10.8. The van der Waals surface area contributed by atoms with Crippen LogP contribution in [0.1, 0.15) is 20.8 Å². The van der Waals surface area contributed by atoms with E-state index < -0.39 is 6.10 Å². The van der Waals surface area contributed by atoms with Crippen molar-refractivity contribution in [2.45, 2.75) is 32.9 Å². The first-order valence-corrected chi connectivity index (χ1v) is 4.15. The van der Waals surface area contributed by atoms with Crippen LogP contribution in [0.5, 0.6) is 0 Å². The van der Waals surface area contributed by atoms with Gasteiger partial charge in [0.15, 0.2) is 0 Å². The number of ether oxygens (including phenoxy) is 1. The molecule has 4 heteroatoms. The van der Waals surface area contributed by atoms with E-state index in [1.807, 2.05) is 6.92 Å². The normalized spacial score (nSPS) is 15.3. The minimum Gasteiger partial charge on any atom is -0.465 e. The molecule has 0 saturated carbocycles. The predicted molar refractivity (Wildman–Crippen MR) is 45.8 cm³/mol. The zero-order valence-electron chi connectivity index (χ0n) is 7.83. The predicted octanol–water partition coefficient (Wildman–Crippen LogP) is -0.0916. The van der Waals surface area contributed by atoms with Gasteiger partial charge in [-0.2, -0.15) is 0 Å². The molecule has 4 nitrogen and oxygen atoms in total. The Morgan fingerprint density at radius 2 is 2.17 bits per heavy atom. The molecule has 2 atom stereocenters. The van der Waals surface area contributed by atoms with Gasteiger partial charge in [-0.25, -0.2) is 0 Å². The largest absolute Gasteiger partial charge is 0.465 e. The van der Waals surface area contributed by atoms with Crippen molar-refractivity contribution in [2.24, 2.45) is 0 Å². The maximum atomic E-state index is 10.8. The molecule has 0 aliphatic rings. The molecule has 0 bridgehead atoms. The van der Waals surface area contributed by atoms with Gasteiger partial charge in [-0.1, -0.05) is 0 Å². The highest BCUT2D eigenvalue weighted by Gasteiger charge is 2.09. The zero-order valence-corrected chi connectivity index (χ0v) is 7.83. The lowest BCUT2D eigenvalue weighted by Gasteiger charge is -2.15. The molecule has 0 rings (SSSR count). The maximum absolute atomic E-state index is 10.8. The van der Waals surface area contributed by atoms with Crippen LogP contribution in [0.15, 0.2) is 0 Å². The first kappa shape index (κ1) is 11.4. The monoisotopic (exact) mass is 175 g/mol. The Kier molecular flexibility index (Phi) is 5.66. The van der Waals surface area contributed by atoms with Crippen LogP contribution >= 0.6 is 0 Å². The van der Waals surface area contributed by atoms with E-state index in [4.69, 9.17) is 5.11 Å². The number of aliphatic hydroxyl groups excluding tert-OH is 1. The molecule has 0 aliphatic carbocycles. The van der Waals surface area contributed by atoms with Crippen LogP contribution in [0.2, 0.25) is 0 Å². The molecule has 0 fully saturated rings. The first-order valence-electron chi connectivity index (χ1n) is 4.15. The highest BCUT2D eigenvalue weighted by atomic mass is 16.5. The van der Waals surface area contributed by atoms with Gasteiger partial charge in [0.1, 0.15) is 0 Å². The van der Waals surface area contributed by atoms with Gasteiger partial charge in [-0.05, 0) is 20.8 Å². The first-order chi connectivity index (χ1) is 5.57. The standard InChI is InChI=1S/C8H17NO3/c1-4-12-8(11)5-9-6(2)7(3)10/h6-7,9-10H,4-5H2,1-3H3. The van der Waals surface area contributed by atoms with E-state index in [1.54, 1.807) is 13.8 Å². The molecule has 0 amide bonds. The molecule has 0 heterocycles. The number of rotatable bonds is 5. The molecule has 0 radical (unpaired) electrons. The van der Waals surface area contributed by atoms with Gasteiger partial charge in [0.05, 0.1) is 19.3 Å². The van der Waals surface area contributed by atoms with Crippen molar-refractivity contribution in [1.29, 1.82) is 0 Å². The molecule has 0 aliphatic heterocycles.